The number of allylic oxidation sites excluding steroid dienone is 3. The molecule has 2 fully saturated rings. The molecule has 0 bridgehead atoms. The van der Waals surface area contributed by atoms with Crippen LogP contribution < -0.4 is 5.73 Å². The van der Waals surface area contributed by atoms with Crippen LogP contribution in [-0.2, 0) is 21.4 Å². The molecule has 260 valence electrons. The number of nitrogens with zero attached hydrogens (tertiary/aromatic N) is 1. The Morgan fingerprint density at radius 2 is 1.80 bits per heavy atom. The van der Waals surface area contributed by atoms with Crippen molar-refractivity contribution in [1.82, 2.24) is 4.57 Å². The molecular weight excluding hydrogens is 612 g/mol. The lowest BCUT2D eigenvalue weighted by Gasteiger charge is -2.64. The lowest BCUT2D eigenvalue weighted by atomic mass is 9.40. The van der Waals surface area contributed by atoms with Crippen LogP contribution >= 0.6 is 0 Å². The number of fused-ring (bicyclic) bond motifs is 11. The topological polar surface area (TPSA) is 115 Å². The summed E-state index contributed by atoms with van der Waals surface area (Å²) in [7, 11) is 0. The van der Waals surface area contributed by atoms with E-state index in [0.717, 1.165) is 58.9 Å². The molecule has 3 heterocycles. The molecule has 4 N–H and O–H groups in total. The minimum absolute atomic E-state index is 0.0288. The first-order valence-electron chi connectivity index (χ1n) is 18.2. The Hall–Kier alpha value is -3.26. The highest BCUT2D eigenvalue weighted by Crippen LogP contribution is 2.71. The number of ether oxygens (including phenoxy) is 1. The number of nitrogens with two attached hydrogens (primary N) is 1. The third-order valence-electron chi connectivity index (χ3n) is 14.4. The van der Waals surface area contributed by atoms with Crippen molar-refractivity contribution < 1.29 is 24.5 Å². The number of carbonyl (C=O) groups is 2. The number of primary amides is 1. The molecule has 1 amide bonds. The van der Waals surface area contributed by atoms with Crippen molar-refractivity contribution in [3.8, 4) is 0 Å². The molecule has 2 unspecified atom stereocenters. The Morgan fingerprint density at radius 1 is 1.08 bits per heavy atom. The second-order valence-corrected chi connectivity index (χ2v) is 17.9. The molecule has 2 aliphatic heterocycles. The van der Waals surface area contributed by atoms with Crippen molar-refractivity contribution in [2.75, 3.05) is 0 Å². The summed E-state index contributed by atoms with van der Waals surface area (Å²) in [5.41, 5.74) is 11.1. The van der Waals surface area contributed by atoms with E-state index in [9.17, 15) is 19.8 Å². The van der Waals surface area contributed by atoms with E-state index in [0.29, 0.717) is 17.9 Å². The van der Waals surface area contributed by atoms with Crippen molar-refractivity contribution in [2.45, 2.75) is 122 Å². The van der Waals surface area contributed by atoms with E-state index in [2.05, 4.69) is 77.8 Å². The molecule has 49 heavy (non-hydrogen) atoms. The standard InChI is InChI=1S/C42H52N2O5/c1-21(2)33-36(48)31-30-23(26-20-38(3,4)49-39(5,6)32(26)35(30)47)19-24-25-18-22-13-14-27-40(7,16-11-10-12-29(43)46)28(45)15-17-41(27,8)42(22,9)37(25)44(33)34(24)31/h10-12,16,19-20,22,27-28,32-33,35,45,47H,1,13-15,17-18H2,2-9H3,(H2,43,46)/b12-10+,16-11+/t22?,27-,28-,32?,33-,35+,40-,41-,42+/m0/s1. The third kappa shape index (κ3) is 3.96. The number of rotatable bonds is 4. The van der Waals surface area contributed by atoms with Gasteiger partial charge in [-0.1, -0.05) is 51.2 Å². The molecule has 2 aromatic rings. The first kappa shape index (κ1) is 32.9. The van der Waals surface area contributed by atoms with Crippen LogP contribution in [0.5, 0.6) is 0 Å². The molecule has 9 atom stereocenters. The van der Waals surface area contributed by atoms with Crippen LogP contribution in [0.3, 0.4) is 0 Å². The smallest absolute Gasteiger partial charge is 0.241 e. The second-order valence-electron chi connectivity index (χ2n) is 17.9. The van der Waals surface area contributed by atoms with Gasteiger partial charge in [-0.15, -0.1) is 0 Å². The zero-order valence-electron chi connectivity index (χ0n) is 30.3. The van der Waals surface area contributed by atoms with Crippen molar-refractivity contribution >= 4 is 28.2 Å². The summed E-state index contributed by atoms with van der Waals surface area (Å²) in [6.07, 6.45) is 12.3. The SMILES string of the molecule is C=C(C)[C@H]1C(=O)c2c3c(cc4c5c(n1c24)[C@@]1(C)C(CC[C@H]2[C@](C)(/C=C/C=C/C(N)=O)[C@@H](O)CC[C@@]21C)C5)C1=CC(C)(C)OC(C)(C)C1[C@@H]3O. The fourth-order valence-corrected chi connectivity index (χ4v) is 12.5. The van der Waals surface area contributed by atoms with Gasteiger partial charge >= 0.3 is 0 Å². The van der Waals surface area contributed by atoms with Gasteiger partial charge in [0.1, 0.15) is 6.04 Å². The molecule has 4 aliphatic carbocycles. The Morgan fingerprint density at radius 3 is 2.47 bits per heavy atom. The Kier molecular flexibility index (Phi) is 6.69. The van der Waals surface area contributed by atoms with Crippen molar-refractivity contribution in [2.24, 2.45) is 34.3 Å². The highest BCUT2D eigenvalue weighted by Gasteiger charge is 2.67. The Balaban J connectivity index is 1.37. The highest BCUT2D eigenvalue weighted by molar-refractivity contribution is 6.18. The number of ketones is 1. The number of benzene rings is 1. The van der Waals surface area contributed by atoms with Gasteiger partial charge in [0, 0.05) is 39.5 Å². The molecule has 2 saturated carbocycles. The van der Waals surface area contributed by atoms with Crippen LogP contribution in [0.25, 0.3) is 16.5 Å². The van der Waals surface area contributed by atoms with E-state index >= 15 is 0 Å². The van der Waals surface area contributed by atoms with Crippen molar-refractivity contribution in [3.05, 3.63) is 76.5 Å². The van der Waals surface area contributed by atoms with Gasteiger partial charge < -0.3 is 25.3 Å². The zero-order valence-corrected chi connectivity index (χ0v) is 30.3. The first-order chi connectivity index (χ1) is 22.8. The second kappa shape index (κ2) is 9.95. The van der Waals surface area contributed by atoms with Gasteiger partial charge in [-0.3, -0.25) is 9.59 Å². The minimum Gasteiger partial charge on any atom is -0.392 e. The molecule has 1 aromatic heterocycles. The minimum atomic E-state index is -0.853. The molecule has 6 aliphatic rings. The quantitative estimate of drug-likeness (QED) is 0.182. The third-order valence-corrected chi connectivity index (χ3v) is 14.4. The molecule has 7 nitrogen and oxygen atoms in total. The van der Waals surface area contributed by atoms with E-state index in [1.54, 1.807) is 6.08 Å². The van der Waals surface area contributed by atoms with Gasteiger partial charge in [-0.25, -0.2) is 0 Å². The molecule has 0 spiro atoms. The molecule has 1 aromatic carbocycles. The van der Waals surface area contributed by atoms with Crippen molar-refractivity contribution in [3.63, 3.8) is 0 Å². The van der Waals surface area contributed by atoms with Crippen LogP contribution in [-0.4, -0.2) is 43.8 Å². The van der Waals surface area contributed by atoms with E-state index in [-0.39, 0.29) is 28.4 Å². The van der Waals surface area contributed by atoms with Gasteiger partial charge in [0.25, 0.3) is 0 Å². The number of aliphatic hydroxyl groups excluding tert-OH is 2. The van der Waals surface area contributed by atoms with E-state index in [1.807, 2.05) is 13.0 Å². The summed E-state index contributed by atoms with van der Waals surface area (Å²) >= 11 is 0. The summed E-state index contributed by atoms with van der Waals surface area (Å²) < 4.78 is 8.87. The number of Topliss-reactive ketones (excluding diaryl/α,β-unsaturated/α-hetero) is 1. The fraction of sp³-hybridized carbons (Fsp3) is 0.571. The van der Waals surface area contributed by atoms with Gasteiger partial charge in [0.2, 0.25) is 5.91 Å². The van der Waals surface area contributed by atoms with Crippen LogP contribution in [0.15, 0.2) is 48.6 Å². The number of hydrogen-bond donors (Lipinski definition) is 3. The van der Waals surface area contributed by atoms with Crippen LogP contribution in [0, 0.1) is 28.6 Å². The zero-order chi connectivity index (χ0) is 35.4. The van der Waals surface area contributed by atoms with E-state index in [4.69, 9.17) is 10.5 Å². The number of carbonyl (C=O) groups excluding carboxylic acids is 2. The fourth-order valence-electron chi connectivity index (χ4n) is 12.5. The Labute approximate surface area is 290 Å². The van der Waals surface area contributed by atoms with E-state index < -0.39 is 40.8 Å². The Bertz CT molecular complexity index is 1970. The van der Waals surface area contributed by atoms with Gasteiger partial charge in [0.15, 0.2) is 5.78 Å². The maximum absolute atomic E-state index is 14.8. The average molecular weight is 665 g/mol. The lowest BCUT2D eigenvalue weighted by Crippen LogP contribution is -2.62. The van der Waals surface area contributed by atoms with Gasteiger partial charge in [-0.05, 0) is 113 Å². The summed E-state index contributed by atoms with van der Waals surface area (Å²) in [4.78, 5) is 26.2. The first-order valence-corrected chi connectivity index (χ1v) is 18.2. The van der Waals surface area contributed by atoms with E-state index in [1.165, 1.54) is 17.3 Å². The maximum Gasteiger partial charge on any atom is 0.241 e. The molecule has 0 radical (unpaired) electrons. The predicted molar refractivity (Wildman–Crippen MR) is 192 cm³/mol. The molecule has 7 heteroatoms. The summed E-state index contributed by atoms with van der Waals surface area (Å²) in [6.45, 7) is 21.6. The van der Waals surface area contributed by atoms with Crippen LogP contribution in [0.2, 0.25) is 0 Å². The largest absolute Gasteiger partial charge is 0.392 e. The number of hydrogen-bond acceptors (Lipinski definition) is 5. The number of aliphatic hydroxyl groups is 2. The number of aromatic nitrogens is 1. The maximum atomic E-state index is 14.8. The van der Waals surface area contributed by atoms with Gasteiger partial charge in [-0.2, -0.15) is 0 Å². The van der Waals surface area contributed by atoms with Crippen LogP contribution in [0.4, 0.5) is 0 Å². The summed E-state index contributed by atoms with van der Waals surface area (Å²) in [5.74, 6) is -0.176. The number of amides is 1. The molecule has 8 rings (SSSR count). The monoisotopic (exact) mass is 664 g/mol. The molecule has 0 saturated heterocycles. The highest BCUT2D eigenvalue weighted by atomic mass is 16.5. The summed E-state index contributed by atoms with van der Waals surface area (Å²) in [6, 6.07) is 1.77. The van der Waals surface area contributed by atoms with Crippen molar-refractivity contribution in [1.29, 1.82) is 0 Å². The van der Waals surface area contributed by atoms with Crippen LogP contribution in [0.1, 0.15) is 126 Å². The molecular formula is C42H52N2O5. The average Bonchev–Trinajstić information content (AvgIpc) is 3.66. The lowest BCUT2D eigenvalue weighted by molar-refractivity contribution is -0.144. The normalized spacial score (nSPS) is 39.6. The summed E-state index contributed by atoms with van der Waals surface area (Å²) in [5, 5.41) is 24.9. The van der Waals surface area contributed by atoms with Gasteiger partial charge in [0.05, 0.1) is 34.5 Å². The predicted octanol–water partition coefficient (Wildman–Crippen LogP) is 7.19.